The van der Waals surface area contributed by atoms with Crippen molar-refractivity contribution in [3.63, 3.8) is 0 Å². The normalized spacial score (nSPS) is 20.3. The van der Waals surface area contributed by atoms with Gasteiger partial charge in [0.05, 0.1) is 19.4 Å². The Morgan fingerprint density at radius 3 is 2.66 bits per heavy atom. The summed E-state index contributed by atoms with van der Waals surface area (Å²) in [7, 11) is 1.51. The molecule has 2 heterocycles. The van der Waals surface area contributed by atoms with E-state index in [0.29, 0.717) is 34.4 Å². The molecule has 2 saturated heterocycles. The van der Waals surface area contributed by atoms with Crippen molar-refractivity contribution in [2.75, 3.05) is 18.6 Å². The van der Waals surface area contributed by atoms with Gasteiger partial charge < -0.3 is 14.2 Å². The molecule has 7 nitrogen and oxygen atoms in total. The lowest BCUT2D eigenvalue weighted by Gasteiger charge is -2.29. The van der Waals surface area contributed by atoms with Crippen LogP contribution in [-0.4, -0.2) is 36.9 Å². The van der Waals surface area contributed by atoms with Gasteiger partial charge in [0.1, 0.15) is 17.1 Å². The summed E-state index contributed by atoms with van der Waals surface area (Å²) < 4.78 is 17.0. The van der Waals surface area contributed by atoms with Crippen molar-refractivity contribution < 1.29 is 23.8 Å². The van der Waals surface area contributed by atoms with E-state index in [0.717, 1.165) is 19.3 Å². The Labute approximate surface area is 195 Å². The Morgan fingerprint density at radius 1 is 1.19 bits per heavy atom. The maximum absolute atomic E-state index is 13.2. The zero-order valence-corrected chi connectivity index (χ0v) is 18.9. The number of ether oxygens (including phenoxy) is 3. The number of rotatable bonds is 5. The zero-order valence-electron chi connectivity index (χ0n) is 17.3. The topological polar surface area (TPSA) is 77.1 Å². The number of benzene rings is 2. The fourth-order valence-corrected chi connectivity index (χ4v) is 3.88. The van der Waals surface area contributed by atoms with Gasteiger partial charge in [0.2, 0.25) is 0 Å². The maximum Gasteiger partial charge on any atom is 0.270 e. The highest BCUT2D eigenvalue weighted by Gasteiger charge is 2.34. The predicted octanol–water partition coefficient (Wildman–Crippen LogP) is 4.09. The van der Waals surface area contributed by atoms with Crippen LogP contribution in [0.1, 0.15) is 24.8 Å². The summed E-state index contributed by atoms with van der Waals surface area (Å²) in [5.41, 5.74) is 0.974. The van der Waals surface area contributed by atoms with Crippen LogP contribution in [0.3, 0.4) is 0 Å². The highest BCUT2D eigenvalue weighted by atomic mass is 35.5. The summed E-state index contributed by atoms with van der Waals surface area (Å²) in [5.74, 6) is -0.0841. The van der Waals surface area contributed by atoms with E-state index < -0.39 is 11.8 Å². The molecule has 0 spiro atoms. The summed E-state index contributed by atoms with van der Waals surface area (Å²) in [4.78, 5) is 27.0. The number of anilines is 1. The standard InChI is InChI=1S/C23H21ClN2O5S/c1-29-19-13-17(31-20-4-2-3-11-30-20)10-5-14(19)12-18-21(27)25-23(32)26(22(18)28)16-8-6-15(24)7-9-16/h5-10,12-13,20H,2-4,11H2,1H3,(H,25,27,32). The van der Waals surface area contributed by atoms with Crippen LogP contribution in [0, 0.1) is 0 Å². The van der Waals surface area contributed by atoms with Gasteiger partial charge in [-0.3, -0.25) is 19.8 Å². The molecule has 4 rings (SSSR count). The van der Waals surface area contributed by atoms with Crippen molar-refractivity contribution in [2.45, 2.75) is 25.6 Å². The van der Waals surface area contributed by atoms with Gasteiger partial charge in [0.25, 0.3) is 11.8 Å². The predicted molar refractivity (Wildman–Crippen MR) is 125 cm³/mol. The third-order valence-electron chi connectivity index (χ3n) is 5.10. The maximum atomic E-state index is 13.2. The molecule has 0 aromatic heterocycles. The van der Waals surface area contributed by atoms with E-state index >= 15 is 0 Å². The molecule has 1 atom stereocenters. The molecule has 1 N–H and O–H groups in total. The average Bonchev–Trinajstić information content (AvgIpc) is 2.79. The molecule has 1 unspecified atom stereocenters. The molecule has 2 aliphatic heterocycles. The van der Waals surface area contributed by atoms with Crippen molar-refractivity contribution in [1.82, 2.24) is 5.32 Å². The Balaban J connectivity index is 1.62. The highest BCUT2D eigenvalue weighted by molar-refractivity contribution is 7.80. The molecule has 0 radical (unpaired) electrons. The minimum Gasteiger partial charge on any atom is -0.496 e. The zero-order chi connectivity index (χ0) is 22.7. The van der Waals surface area contributed by atoms with Gasteiger partial charge in [-0.1, -0.05) is 11.6 Å². The lowest BCUT2D eigenvalue weighted by Crippen LogP contribution is -2.54. The minimum atomic E-state index is -0.580. The second kappa shape index (κ2) is 9.68. The second-order valence-electron chi connectivity index (χ2n) is 7.25. The van der Waals surface area contributed by atoms with Crippen LogP contribution in [-0.2, 0) is 14.3 Å². The largest absolute Gasteiger partial charge is 0.496 e. The number of nitrogens with one attached hydrogen (secondary N) is 1. The summed E-state index contributed by atoms with van der Waals surface area (Å²) >= 11 is 11.2. The van der Waals surface area contributed by atoms with Crippen LogP contribution in [0.5, 0.6) is 11.5 Å². The van der Waals surface area contributed by atoms with Gasteiger partial charge in [0.15, 0.2) is 11.4 Å². The van der Waals surface area contributed by atoms with Crippen LogP contribution in [0.15, 0.2) is 48.0 Å². The average molecular weight is 473 g/mol. The molecule has 0 saturated carbocycles. The summed E-state index contributed by atoms with van der Waals surface area (Å²) in [6, 6.07) is 11.8. The fraction of sp³-hybridized carbons (Fsp3) is 0.261. The second-order valence-corrected chi connectivity index (χ2v) is 8.08. The molecule has 2 aromatic rings. The minimum absolute atomic E-state index is 0.00247. The number of amides is 2. The van der Waals surface area contributed by atoms with Crippen molar-refractivity contribution >= 4 is 52.5 Å². The van der Waals surface area contributed by atoms with Gasteiger partial charge in [-0.25, -0.2) is 0 Å². The van der Waals surface area contributed by atoms with E-state index in [-0.39, 0.29) is 17.0 Å². The number of halogens is 1. The molecule has 166 valence electrons. The van der Waals surface area contributed by atoms with Gasteiger partial charge in [-0.05, 0) is 67.5 Å². The van der Waals surface area contributed by atoms with E-state index in [1.165, 1.54) is 18.1 Å². The third kappa shape index (κ3) is 4.77. The molecule has 2 aliphatic rings. The molecule has 2 fully saturated rings. The number of methoxy groups -OCH3 is 1. The Kier molecular flexibility index (Phi) is 6.74. The van der Waals surface area contributed by atoms with Crippen molar-refractivity contribution in [1.29, 1.82) is 0 Å². The monoisotopic (exact) mass is 472 g/mol. The number of thiocarbonyl (C=S) groups is 1. The number of nitrogens with zero attached hydrogens (tertiary/aromatic N) is 1. The first-order valence-electron chi connectivity index (χ1n) is 10.1. The van der Waals surface area contributed by atoms with E-state index in [9.17, 15) is 9.59 Å². The summed E-state index contributed by atoms with van der Waals surface area (Å²) in [6.07, 6.45) is 4.08. The Hall–Kier alpha value is -2.94. The number of carbonyl (C=O) groups is 2. The fourth-order valence-electron chi connectivity index (χ4n) is 3.48. The van der Waals surface area contributed by atoms with Crippen molar-refractivity contribution in [3.8, 4) is 11.5 Å². The summed E-state index contributed by atoms with van der Waals surface area (Å²) in [5, 5.41) is 3.09. The number of carbonyl (C=O) groups excluding carboxylic acids is 2. The molecule has 2 aromatic carbocycles. The first-order chi connectivity index (χ1) is 15.5. The molecule has 0 bridgehead atoms. The molecule has 32 heavy (non-hydrogen) atoms. The number of hydrogen-bond acceptors (Lipinski definition) is 6. The van der Waals surface area contributed by atoms with Crippen molar-refractivity contribution in [2.24, 2.45) is 0 Å². The quantitative estimate of drug-likeness (QED) is 0.401. The number of hydrogen-bond donors (Lipinski definition) is 1. The Morgan fingerprint density at radius 2 is 1.97 bits per heavy atom. The first-order valence-corrected chi connectivity index (χ1v) is 10.9. The van der Waals surface area contributed by atoms with E-state index in [1.807, 2.05) is 0 Å². The molecular weight excluding hydrogens is 452 g/mol. The smallest absolute Gasteiger partial charge is 0.270 e. The Bertz CT molecular complexity index is 1080. The molecule has 0 aliphatic carbocycles. The van der Waals surface area contributed by atoms with Gasteiger partial charge >= 0.3 is 0 Å². The highest BCUT2D eigenvalue weighted by Crippen LogP contribution is 2.30. The van der Waals surface area contributed by atoms with Gasteiger partial charge in [0, 0.05) is 23.1 Å². The third-order valence-corrected chi connectivity index (χ3v) is 5.63. The molecule has 9 heteroatoms. The summed E-state index contributed by atoms with van der Waals surface area (Å²) in [6.45, 7) is 0.676. The van der Waals surface area contributed by atoms with Crippen molar-refractivity contribution in [3.05, 3.63) is 58.6 Å². The van der Waals surface area contributed by atoms with Crippen LogP contribution < -0.4 is 19.7 Å². The van der Waals surface area contributed by atoms with E-state index in [2.05, 4.69) is 5.32 Å². The first kappa shape index (κ1) is 22.3. The lowest BCUT2D eigenvalue weighted by molar-refractivity contribution is -0.122. The van der Waals surface area contributed by atoms with Gasteiger partial charge in [-0.2, -0.15) is 0 Å². The van der Waals surface area contributed by atoms with E-state index in [4.69, 9.17) is 38.0 Å². The van der Waals surface area contributed by atoms with Crippen LogP contribution >= 0.6 is 23.8 Å². The van der Waals surface area contributed by atoms with E-state index in [1.54, 1.807) is 42.5 Å². The molecular formula is C23H21ClN2O5S. The van der Waals surface area contributed by atoms with Crippen LogP contribution in [0.2, 0.25) is 5.02 Å². The lowest BCUT2D eigenvalue weighted by atomic mass is 10.1. The van der Waals surface area contributed by atoms with Gasteiger partial charge in [-0.15, -0.1) is 0 Å². The van der Waals surface area contributed by atoms with Crippen LogP contribution in [0.4, 0.5) is 5.69 Å². The molecule has 2 amide bonds. The SMILES string of the molecule is COc1cc(OC2CCCCO2)ccc1C=C1C(=O)NC(=S)N(c2ccc(Cl)cc2)C1=O. The van der Waals surface area contributed by atoms with Crippen LogP contribution in [0.25, 0.3) is 6.08 Å².